The molecule has 1 aliphatic rings. The van der Waals surface area contributed by atoms with Gasteiger partial charge < -0.3 is 5.32 Å². The molecule has 21 heavy (non-hydrogen) atoms. The summed E-state index contributed by atoms with van der Waals surface area (Å²) in [7, 11) is 0. The van der Waals surface area contributed by atoms with Gasteiger partial charge in [0.05, 0.1) is 0 Å². The minimum absolute atomic E-state index is 0.249. The van der Waals surface area contributed by atoms with Crippen molar-refractivity contribution in [3.63, 3.8) is 0 Å². The van der Waals surface area contributed by atoms with Crippen molar-refractivity contribution in [1.29, 1.82) is 0 Å². The number of halogens is 1. The van der Waals surface area contributed by atoms with E-state index >= 15 is 0 Å². The molecule has 0 aliphatic carbocycles. The van der Waals surface area contributed by atoms with E-state index in [9.17, 15) is 0 Å². The molecule has 1 aromatic carbocycles. The van der Waals surface area contributed by atoms with Gasteiger partial charge in [-0.05, 0) is 37.0 Å². The van der Waals surface area contributed by atoms with Gasteiger partial charge in [0, 0.05) is 35.7 Å². The minimum atomic E-state index is 0.249. The van der Waals surface area contributed by atoms with Crippen molar-refractivity contribution in [3.05, 3.63) is 34.3 Å². The van der Waals surface area contributed by atoms with Gasteiger partial charge in [-0.25, -0.2) is 0 Å². The van der Waals surface area contributed by atoms with Gasteiger partial charge in [0.25, 0.3) is 0 Å². The number of hydrogen-bond donors (Lipinski definition) is 1. The fraction of sp³-hybridized carbons (Fsp3) is 0.667. The first kappa shape index (κ1) is 17.0. The van der Waals surface area contributed by atoms with E-state index in [1.165, 1.54) is 18.4 Å². The SMILES string of the molecule is CCC(C)C1CNC(C)(CC)CN1Cc1ccc(Br)cc1. The summed E-state index contributed by atoms with van der Waals surface area (Å²) in [5, 5.41) is 3.79. The zero-order chi connectivity index (χ0) is 15.5. The van der Waals surface area contributed by atoms with Crippen LogP contribution in [0, 0.1) is 5.92 Å². The molecule has 0 saturated carbocycles. The number of piperazine rings is 1. The second-order valence-corrected chi connectivity index (χ2v) is 7.70. The molecule has 1 fully saturated rings. The van der Waals surface area contributed by atoms with E-state index in [0.29, 0.717) is 6.04 Å². The van der Waals surface area contributed by atoms with Crippen LogP contribution in [0.4, 0.5) is 0 Å². The third-order valence-electron chi connectivity index (χ3n) is 5.14. The molecule has 3 unspecified atom stereocenters. The summed E-state index contributed by atoms with van der Waals surface area (Å²) in [6.07, 6.45) is 2.42. The van der Waals surface area contributed by atoms with Crippen LogP contribution in [0.5, 0.6) is 0 Å². The highest BCUT2D eigenvalue weighted by Gasteiger charge is 2.36. The van der Waals surface area contributed by atoms with Gasteiger partial charge in [-0.2, -0.15) is 0 Å². The Kier molecular flexibility index (Phi) is 5.87. The molecule has 1 heterocycles. The molecule has 0 bridgehead atoms. The molecule has 0 radical (unpaired) electrons. The van der Waals surface area contributed by atoms with E-state index in [1.807, 2.05) is 0 Å². The molecule has 118 valence electrons. The number of nitrogens with one attached hydrogen (secondary N) is 1. The molecule has 0 amide bonds. The van der Waals surface area contributed by atoms with Gasteiger partial charge in [0.1, 0.15) is 0 Å². The Morgan fingerprint density at radius 2 is 2.00 bits per heavy atom. The Morgan fingerprint density at radius 1 is 1.33 bits per heavy atom. The fourth-order valence-electron chi connectivity index (χ4n) is 3.17. The largest absolute Gasteiger partial charge is 0.309 e. The van der Waals surface area contributed by atoms with Crippen molar-refractivity contribution >= 4 is 15.9 Å². The van der Waals surface area contributed by atoms with Crippen LogP contribution in [0.25, 0.3) is 0 Å². The highest BCUT2D eigenvalue weighted by atomic mass is 79.9. The number of nitrogens with zero attached hydrogens (tertiary/aromatic N) is 1. The Balaban J connectivity index is 2.14. The first-order chi connectivity index (χ1) is 9.97. The average Bonchev–Trinajstić information content (AvgIpc) is 2.49. The smallest absolute Gasteiger partial charge is 0.0278 e. The normalized spacial score (nSPS) is 28.5. The lowest BCUT2D eigenvalue weighted by atomic mass is 9.88. The number of rotatable bonds is 5. The molecule has 2 nitrogen and oxygen atoms in total. The lowest BCUT2D eigenvalue weighted by Gasteiger charge is -2.48. The molecular weight excluding hydrogens is 324 g/mol. The van der Waals surface area contributed by atoms with Crippen molar-refractivity contribution < 1.29 is 0 Å². The van der Waals surface area contributed by atoms with E-state index in [4.69, 9.17) is 0 Å². The standard InChI is InChI=1S/C18H29BrN2/c1-5-14(3)17-11-20-18(4,6-2)13-21(17)12-15-7-9-16(19)10-8-15/h7-10,14,17,20H,5-6,11-13H2,1-4H3. The zero-order valence-corrected chi connectivity index (χ0v) is 15.4. The molecule has 2 rings (SSSR count). The van der Waals surface area contributed by atoms with Crippen LogP contribution in [-0.2, 0) is 6.54 Å². The summed E-state index contributed by atoms with van der Waals surface area (Å²) >= 11 is 3.52. The van der Waals surface area contributed by atoms with E-state index in [2.05, 4.69) is 78.1 Å². The predicted octanol–water partition coefficient (Wildman–Crippen LogP) is 4.44. The maximum atomic E-state index is 3.79. The summed E-state index contributed by atoms with van der Waals surface area (Å²) in [5.41, 5.74) is 1.66. The first-order valence-electron chi connectivity index (χ1n) is 8.21. The van der Waals surface area contributed by atoms with Crippen LogP contribution in [0.2, 0.25) is 0 Å². The van der Waals surface area contributed by atoms with Crippen LogP contribution in [-0.4, -0.2) is 29.6 Å². The number of benzene rings is 1. The van der Waals surface area contributed by atoms with Crippen molar-refractivity contribution in [2.75, 3.05) is 13.1 Å². The fourth-order valence-corrected chi connectivity index (χ4v) is 3.43. The van der Waals surface area contributed by atoms with E-state index in [1.54, 1.807) is 0 Å². The summed E-state index contributed by atoms with van der Waals surface area (Å²) in [5.74, 6) is 0.731. The molecular formula is C18H29BrN2. The Hall–Kier alpha value is -0.380. The van der Waals surface area contributed by atoms with Crippen molar-refractivity contribution in [3.8, 4) is 0 Å². The number of hydrogen-bond acceptors (Lipinski definition) is 2. The Morgan fingerprint density at radius 3 is 2.57 bits per heavy atom. The summed E-state index contributed by atoms with van der Waals surface area (Å²) < 4.78 is 1.16. The molecule has 1 N–H and O–H groups in total. The summed E-state index contributed by atoms with van der Waals surface area (Å²) in [6, 6.07) is 9.41. The van der Waals surface area contributed by atoms with E-state index in [0.717, 1.165) is 30.0 Å². The minimum Gasteiger partial charge on any atom is -0.309 e. The van der Waals surface area contributed by atoms with Crippen molar-refractivity contribution in [2.45, 2.75) is 58.7 Å². The monoisotopic (exact) mass is 352 g/mol. The van der Waals surface area contributed by atoms with Gasteiger partial charge in [0.15, 0.2) is 0 Å². The maximum absolute atomic E-state index is 3.79. The van der Waals surface area contributed by atoms with Crippen LogP contribution in [0.3, 0.4) is 0 Å². The quantitative estimate of drug-likeness (QED) is 0.842. The van der Waals surface area contributed by atoms with Gasteiger partial charge in [-0.3, -0.25) is 4.90 Å². The topological polar surface area (TPSA) is 15.3 Å². The third-order valence-corrected chi connectivity index (χ3v) is 5.67. The third kappa shape index (κ3) is 4.30. The second-order valence-electron chi connectivity index (χ2n) is 6.78. The summed E-state index contributed by atoms with van der Waals surface area (Å²) in [4.78, 5) is 2.69. The summed E-state index contributed by atoms with van der Waals surface area (Å²) in [6.45, 7) is 12.6. The molecule has 1 aromatic rings. The van der Waals surface area contributed by atoms with Gasteiger partial charge in [0.2, 0.25) is 0 Å². The van der Waals surface area contributed by atoms with Crippen LogP contribution < -0.4 is 5.32 Å². The van der Waals surface area contributed by atoms with Gasteiger partial charge in [-0.15, -0.1) is 0 Å². The van der Waals surface area contributed by atoms with Gasteiger partial charge >= 0.3 is 0 Å². The Bertz CT molecular complexity index is 445. The van der Waals surface area contributed by atoms with Crippen LogP contribution >= 0.6 is 15.9 Å². The maximum Gasteiger partial charge on any atom is 0.0278 e. The predicted molar refractivity (Wildman–Crippen MR) is 94.5 cm³/mol. The molecule has 1 aliphatic heterocycles. The van der Waals surface area contributed by atoms with Crippen molar-refractivity contribution in [2.24, 2.45) is 5.92 Å². The molecule has 0 spiro atoms. The van der Waals surface area contributed by atoms with E-state index in [-0.39, 0.29) is 5.54 Å². The molecule has 3 heteroatoms. The van der Waals surface area contributed by atoms with Crippen molar-refractivity contribution in [1.82, 2.24) is 10.2 Å². The lowest BCUT2D eigenvalue weighted by Crippen LogP contribution is -2.63. The highest BCUT2D eigenvalue weighted by molar-refractivity contribution is 9.10. The molecule has 0 aromatic heterocycles. The first-order valence-corrected chi connectivity index (χ1v) is 9.00. The van der Waals surface area contributed by atoms with Crippen LogP contribution in [0.15, 0.2) is 28.7 Å². The highest BCUT2D eigenvalue weighted by Crippen LogP contribution is 2.26. The van der Waals surface area contributed by atoms with Crippen LogP contribution in [0.1, 0.15) is 46.1 Å². The second kappa shape index (κ2) is 7.26. The molecule has 3 atom stereocenters. The molecule has 1 saturated heterocycles. The van der Waals surface area contributed by atoms with E-state index < -0.39 is 0 Å². The Labute approximate surface area is 138 Å². The lowest BCUT2D eigenvalue weighted by molar-refractivity contribution is 0.0487. The zero-order valence-electron chi connectivity index (χ0n) is 13.8. The average molecular weight is 353 g/mol. The van der Waals surface area contributed by atoms with Gasteiger partial charge in [-0.1, -0.05) is 55.3 Å².